The third-order valence-corrected chi connectivity index (χ3v) is 5.14. The van der Waals surface area contributed by atoms with Crippen molar-refractivity contribution in [1.29, 1.82) is 0 Å². The van der Waals surface area contributed by atoms with E-state index in [9.17, 15) is 4.79 Å². The van der Waals surface area contributed by atoms with Crippen LogP contribution in [0, 0.1) is 6.92 Å². The number of nitrogens with one attached hydrogen (secondary N) is 1. The van der Waals surface area contributed by atoms with Crippen LogP contribution in [0.25, 0.3) is 0 Å². The largest absolute Gasteiger partial charge is 0.342 e. The molecule has 2 rings (SSSR count). The maximum absolute atomic E-state index is 12.3. The molecule has 0 unspecified atom stereocenters. The third-order valence-electron chi connectivity index (χ3n) is 3.00. The lowest BCUT2D eigenvalue weighted by molar-refractivity contribution is 0.0916. The fourth-order valence-corrected chi connectivity index (χ4v) is 3.27. The van der Waals surface area contributed by atoms with Gasteiger partial charge in [-0.25, -0.2) is 0 Å². The minimum absolute atomic E-state index is 0.0346. The lowest BCUT2D eigenvalue weighted by Gasteiger charge is -2.26. The van der Waals surface area contributed by atoms with Gasteiger partial charge in [0, 0.05) is 0 Å². The summed E-state index contributed by atoms with van der Waals surface area (Å²) < 4.78 is 1.01. The van der Waals surface area contributed by atoms with Gasteiger partial charge in [0.2, 0.25) is 0 Å². The molecule has 0 aliphatic rings. The molecule has 0 atom stereocenters. The lowest BCUT2D eigenvalue weighted by atomic mass is 9.94. The van der Waals surface area contributed by atoms with Crippen LogP contribution in [0.5, 0.6) is 0 Å². The highest BCUT2D eigenvalue weighted by atomic mass is 79.9. The zero-order chi connectivity index (χ0) is 14.0. The molecular formula is C15H16BrNOS. The van der Waals surface area contributed by atoms with Gasteiger partial charge >= 0.3 is 0 Å². The number of carbonyl (C=O) groups excluding carboxylic acids is 1. The highest BCUT2D eigenvalue weighted by Crippen LogP contribution is 2.28. The van der Waals surface area contributed by atoms with E-state index in [2.05, 4.69) is 21.2 Å². The Labute approximate surface area is 126 Å². The predicted octanol–water partition coefficient (Wildman–Crippen LogP) is 4.48. The standard InChI is InChI=1S/C15H16BrNOS/c1-10-9-12(19-13(10)16)14(18)17-15(2,3)11-7-5-4-6-8-11/h4-9H,1-3H3,(H,17,18). The van der Waals surface area contributed by atoms with E-state index >= 15 is 0 Å². The number of carbonyl (C=O) groups is 1. The molecule has 1 heterocycles. The van der Waals surface area contributed by atoms with Gasteiger partial charge in [-0.1, -0.05) is 30.3 Å². The molecule has 1 aromatic heterocycles. The Morgan fingerprint density at radius 2 is 1.89 bits per heavy atom. The van der Waals surface area contributed by atoms with E-state index < -0.39 is 0 Å². The van der Waals surface area contributed by atoms with Gasteiger partial charge in [-0.05, 0) is 53.9 Å². The predicted molar refractivity (Wildman–Crippen MR) is 83.7 cm³/mol. The smallest absolute Gasteiger partial charge is 0.262 e. The number of rotatable bonds is 3. The Balaban J connectivity index is 2.18. The van der Waals surface area contributed by atoms with Gasteiger partial charge in [-0.15, -0.1) is 11.3 Å². The van der Waals surface area contributed by atoms with Gasteiger partial charge in [0.05, 0.1) is 14.2 Å². The van der Waals surface area contributed by atoms with E-state index in [1.54, 1.807) is 0 Å². The fourth-order valence-electron chi connectivity index (χ4n) is 1.84. The molecule has 0 spiro atoms. The van der Waals surface area contributed by atoms with Crippen molar-refractivity contribution in [1.82, 2.24) is 5.32 Å². The second kappa shape index (κ2) is 5.47. The quantitative estimate of drug-likeness (QED) is 0.878. The van der Waals surface area contributed by atoms with E-state index in [1.165, 1.54) is 11.3 Å². The number of halogens is 1. The normalized spacial score (nSPS) is 11.4. The van der Waals surface area contributed by atoms with Crippen LogP contribution >= 0.6 is 27.3 Å². The molecule has 2 aromatic rings. The first-order chi connectivity index (χ1) is 8.90. The van der Waals surface area contributed by atoms with Gasteiger partial charge in [-0.2, -0.15) is 0 Å². The van der Waals surface area contributed by atoms with Gasteiger partial charge < -0.3 is 5.32 Å². The number of hydrogen-bond donors (Lipinski definition) is 1. The summed E-state index contributed by atoms with van der Waals surface area (Å²) in [7, 11) is 0. The number of hydrogen-bond acceptors (Lipinski definition) is 2. The number of thiophene rings is 1. The first kappa shape index (κ1) is 14.3. The van der Waals surface area contributed by atoms with E-state index in [1.807, 2.05) is 57.2 Å². The highest BCUT2D eigenvalue weighted by molar-refractivity contribution is 9.11. The molecule has 2 nitrogen and oxygen atoms in total. The van der Waals surface area contributed by atoms with Crippen LogP contribution in [0.3, 0.4) is 0 Å². The summed E-state index contributed by atoms with van der Waals surface area (Å²) in [5, 5.41) is 3.08. The lowest BCUT2D eigenvalue weighted by Crippen LogP contribution is -2.40. The topological polar surface area (TPSA) is 29.1 Å². The molecule has 0 radical (unpaired) electrons. The number of benzene rings is 1. The van der Waals surface area contributed by atoms with Crippen molar-refractivity contribution in [3.63, 3.8) is 0 Å². The Kier molecular flexibility index (Phi) is 4.11. The van der Waals surface area contributed by atoms with Gasteiger partial charge in [0.1, 0.15) is 0 Å². The Bertz CT molecular complexity index is 570. The van der Waals surface area contributed by atoms with Crippen LogP contribution in [-0.4, -0.2) is 5.91 Å². The molecule has 0 aliphatic carbocycles. The zero-order valence-electron chi connectivity index (χ0n) is 11.2. The molecule has 4 heteroatoms. The van der Waals surface area contributed by atoms with E-state index in [0.717, 1.165) is 19.8 Å². The second-order valence-corrected chi connectivity index (χ2v) is 7.38. The van der Waals surface area contributed by atoms with E-state index in [4.69, 9.17) is 0 Å². The van der Waals surface area contributed by atoms with Crippen LogP contribution in [0.2, 0.25) is 0 Å². The summed E-state index contributed by atoms with van der Waals surface area (Å²) >= 11 is 4.91. The summed E-state index contributed by atoms with van der Waals surface area (Å²) in [5.74, 6) is -0.0346. The van der Waals surface area contributed by atoms with Crippen molar-refractivity contribution < 1.29 is 4.79 Å². The SMILES string of the molecule is Cc1cc(C(=O)NC(C)(C)c2ccccc2)sc1Br. The van der Waals surface area contributed by atoms with Gasteiger partial charge in [0.25, 0.3) is 5.91 Å². The summed E-state index contributed by atoms with van der Waals surface area (Å²) in [4.78, 5) is 13.0. The Hall–Kier alpha value is -1.13. The number of aryl methyl sites for hydroxylation is 1. The molecular weight excluding hydrogens is 322 g/mol. The van der Waals surface area contributed by atoms with Gasteiger partial charge in [-0.3, -0.25) is 4.79 Å². The third kappa shape index (κ3) is 3.25. The van der Waals surface area contributed by atoms with Crippen molar-refractivity contribution in [2.45, 2.75) is 26.3 Å². The summed E-state index contributed by atoms with van der Waals surface area (Å²) in [6, 6.07) is 11.9. The van der Waals surface area contributed by atoms with Gasteiger partial charge in [0.15, 0.2) is 0 Å². The van der Waals surface area contributed by atoms with Crippen molar-refractivity contribution in [3.8, 4) is 0 Å². The molecule has 0 bridgehead atoms. The van der Waals surface area contributed by atoms with Crippen molar-refractivity contribution in [2.24, 2.45) is 0 Å². The average molecular weight is 338 g/mol. The summed E-state index contributed by atoms with van der Waals surface area (Å²) in [6.07, 6.45) is 0. The molecule has 1 aromatic carbocycles. The average Bonchev–Trinajstić information content (AvgIpc) is 2.70. The molecule has 1 N–H and O–H groups in total. The van der Waals surface area contributed by atoms with Crippen LogP contribution in [0.1, 0.15) is 34.6 Å². The molecule has 19 heavy (non-hydrogen) atoms. The molecule has 0 saturated carbocycles. The van der Waals surface area contributed by atoms with Crippen LogP contribution in [0.15, 0.2) is 40.2 Å². The molecule has 0 fully saturated rings. The second-order valence-electron chi connectivity index (χ2n) is 5.01. The Morgan fingerprint density at radius 1 is 1.26 bits per heavy atom. The zero-order valence-corrected chi connectivity index (χ0v) is 13.6. The fraction of sp³-hybridized carbons (Fsp3) is 0.267. The maximum atomic E-state index is 12.3. The van der Waals surface area contributed by atoms with Crippen molar-refractivity contribution >= 4 is 33.2 Å². The summed E-state index contributed by atoms with van der Waals surface area (Å²) in [6.45, 7) is 6.01. The van der Waals surface area contributed by atoms with Crippen molar-refractivity contribution in [2.75, 3.05) is 0 Å². The molecule has 100 valence electrons. The van der Waals surface area contributed by atoms with Crippen LogP contribution < -0.4 is 5.32 Å². The maximum Gasteiger partial charge on any atom is 0.262 e. The molecule has 0 aliphatic heterocycles. The molecule has 0 saturated heterocycles. The first-order valence-corrected chi connectivity index (χ1v) is 7.65. The van der Waals surface area contributed by atoms with E-state index in [-0.39, 0.29) is 11.4 Å². The minimum atomic E-state index is -0.386. The van der Waals surface area contributed by atoms with Crippen LogP contribution in [-0.2, 0) is 5.54 Å². The minimum Gasteiger partial charge on any atom is -0.342 e. The number of amides is 1. The molecule has 1 amide bonds. The summed E-state index contributed by atoms with van der Waals surface area (Å²) in [5.41, 5.74) is 1.80. The Morgan fingerprint density at radius 3 is 2.42 bits per heavy atom. The van der Waals surface area contributed by atoms with Crippen molar-refractivity contribution in [3.05, 3.63) is 56.2 Å². The highest BCUT2D eigenvalue weighted by Gasteiger charge is 2.24. The first-order valence-electron chi connectivity index (χ1n) is 6.04. The monoisotopic (exact) mass is 337 g/mol. The van der Waals surface area contributed by atoms with Crippen LogP contribution in [0.4, 0.5) is 0 Å². The van der Waals surface area contributed by atoms with E-state index in [0.29, 0.717) is 0 Å².